The molecular formula is C12H21N3. The number of aryl methyl sites for hydroxylation is 1. The summed E-state index contributed by atoms with van der Waals surface area (Å²) in [6, 6.07) is 5.97. The van der Waals surface area contributed by atoms with Gasteiger partial charge in [0.1, 0.15) is 0 Å². The van der Waals surface area contributed by atoms with Gasteiger partial charge in [-0.15, -0.1) is 0 Å². The molecule has 0 aliphatic carbocycles. The zero-order valence-corrected chi connectivity index (χ0v) is 9.88. The van der Waals surface area contributed by atoms with E-state index in [-0.39, 0.29) is 0 Å². The lowest BCUT2D eigenvalue weighted by molar-refractivity contribution is 0.405. The highest BCUT2D eigenvalue weighted by Gasteiger charge is 1.97. The van der Waals surface area contributed by atoms with Gasteiger partial charge in [0.05, 0.1) is 0 Å². The van der Waals surface area contributed by atoms with E-state index in [0.717, 1.165) is 25.2 Å². The second kappa shape index (κ2) is 5.61. The number of nitrogens with zero attached hydrogens (tertiary/aromatic N) is 1. The summed E-state index contributed by atoms with van der Waals surface area (Å²) in [5.41, 5.74) is 8.90. The fraction of sp³-hybridized carbons (Fsp3) is 0.500. The van der Waals surface area contributed by atoms with Crippen LogP contribution in [0, 0.1) is 6.92 Å². The standard InChI is InChI=1S/C12H21N3/c1-10-9-11(13)5-6-12(10)14-7-4-8-15(2)3/h5-6,9,14H,4,7-8,13H2,1-3H3. The van der Waals surface area contributed by atoms with Gasteiger partial charge in [-0.1, -0.05) is 0 Å². The SMILES string of the molecule is Cc1cc(N)ccc1NCCCN(C)C. The molecule has 0 saturated heterocycles. The van der Waals surface area contributed by atoms with Gasteiger partial charge in [-0.3, -0.25) is 0 Å². The van der Waals surface area contributed by atoms with E-state index >= 15 is 0 Å². The van der Waals surface area contributed by atoms with Crippen LogP contribution in [-0.2, 0) is 0 Å². The van der Waals surface area contributed by atoms with Gasteiger partial charge in [-0.05, 0) is 57.7 Å². The minimum atomic E-state index is 0.825. The highest BCUT2D eigenvalue weighted by atomic mass is 15.1. The van der Waals surface area contributed by atoms with Crippen molar-refractivity contribution in [1.29, 1.82) is 0 Å². The minimum absolute atomic E-state index is 0.825. The first-order valence-corrected chi connectivity index (χ1v) is 5.34. The van der Waals surface area contributed by atoms with Crippen LogP contribution < -0.4 is 11.1 Å². The highest BCUT2D eigenvalue weighted by molar-refractivity contribution is 5.57. The first kappa shape index (κ1) is 11.9. The third-order valence-electron chi connectivity index (χ3n) is 2.35. The van der Waals surface area contributed by atoms with E-state index in [4.69, 9.17) is 5.73 Å². The second-order valence-corrected chi connectivity index (χ2v) is 4.16. The van der Waals surface area contributed by atoms with Gasteiger partial charge in [0.15, 0.2) is 0 Å². The van der Waals surface area contributed by atoms with Crippen LogP contribution in [0.3, 0.4) is 0 Å². The van der Waals surface area contributed by atoms with Gasteiger partial charge >= 0.3 is 0 Å². The number of anilines is 2. The molecule has 0 spiro atoms. The van der Waals surface area contributed by atoms with E-state index in [1.54, 1.807) is 0 Å². The Labute approximate surface area is 92.3 Å². The summed E-state index contributed by atoms with van der Waals surface area (Å²) in [5, 5.41) is 3.41. The fourth-order valence-electron chi connectivity index (χ4n) is 1.50. The number of hydrogen-bond acceptors (Lipinski definition) is 3. The molecule has 15 heavy (non-hydrogen) atoms. The summed E-state index contributed by atoms with van der Waals surface area (Å²) in [4.78, 5) is 2.19. The van der Waals surface area contributed by atoms with E-state index < -0.39 is 0 Å². The van der Waals surface area contributed by atoms with Crippen molar-refractivity contribution in [3.8, 4) is 0 Å². The summed E-state index contributed by atoms with van der Waals surface area (Å²) in [6.45, 7) is 4.19. The van der Waals surface area contributed by atoms with Crippen molar-refractivity contribution in [3.05, 3.63) is 23.8 Å². The Morgan fingerprint density at radius 2 is 2.07 bits per heavy atom. The minimum Gasteiger partial charge on any atom is -0.399 e. The molecule has 0 unspecified atom stereocenters. The molecule has 3 heteroatoms. The molecule has 0 saturated carbocycles. The molecule has 1 aromatic rings. The summed E-state index contributed by atoms with van der Waals surface area (Å²) in [6.07, 6.45) is 1.15. The number of benzene rings is 1. The molecule has 0 bridgehead atoms. The molecule has 0 radical (unpaired) electrons. The lowest BCUT2D eigenvalue weighted by atomic mass is 10.2. The predicted octanol–water partition coefficient (Wildman–Crippen LogP) is 1.94. The second-order valence-electron chi connectivity index (χ2n) is 4.16. The smallest absolute Gasteiger partial charge is 0.0371 e. The Kier molecular flexibility index (Phi) is 4.43. The average Bonchev–Trinajstić information content (AvgIpc) is 2.14. The lowest BCUT2D eigenvalue weighted by Crippen LogP contribution is -2.16. The molecule has 0 aliphatic rings. The third kappa shape index (κ3) is 4.21. The first-order valence-electron chi connectivity index (χ1n) is 5.34. The van der Waals surface area contributed by atoms with Gasteiger partial charge in [-0.2, -0.15) is 0 Å². The average molecular weight is 207 g/mol. The van der Waals surface area contributed by atoms with Crippen molar-refractivity contribution < 1.29 is 0 Å². The molecule has 0 heterocycles. The van der Waals surface area contributed by atoms with Crippen molar-refractivity contribution >= 4 is 11.4 Å². The van der Waals surface area contributed by atoms with Crippen LogP contribution in [-0.4, -0.2) is 32.1 Å². The molecule has 0 aromatic heterocycles. The first-order chi connectivity index (χ1) is 7.09. The molecule has 0 amide bonds. The van der Waals surface area contributed by atoms with Crippen LogP contribution in [0.15, 0.2) is 18.2 Å². The molecule has 84 valence electrons. The number of hydrogen-bond donors (Lipinski definition) is 2. The number of rotatable bonds is 5. The Morgan fingerprint density at radius 3 is 2.67 bits per heavy atom. The molecule has 3 N–H and O–H groups in total. The van der Waals surface area contributed by atoms with E-state index in [1.165, 1.54) is 11.3 Å². The van der Waals surface area contributed by atoms with Crippen LogP contribution >= 0.6 is 0 Å². The lowest BCUT2D eigenvalue weighted by Gasteiger charge is -2.12. The Bertz CT molecular complexity index is 308. The Hall–Kier alpha value is -1.22. The monoisotopic (exact) mass is 207 g/mol. The normalized spacial score (nSPS) is 10.7. The van der Waals surface area contributed by atoms with Crippen molar-refractivity contribution in [1.82, 2.24) is 4.90 Å². The van der Waals surface area contributed by atoms with E-state index in [1.807, 2.05) is 18.2 Å². The Morgan fingerprint density at radius 1 is 1.33 bits per heavy atom. The molecule has 1 aromatic carbocycles. The molecular weight excluding hydrogens is 186 g/mol. The van der Waals surface area contributed by atoms with Crippen LogP contribution in [0.2, 0.25) is 0 Å². The number of nitrogen functional groups attached to an aromatic ring is 1. The summed E-state index contributed by atoms with van der Waals surface area (Å²) >= 11 is 0. The number of nitrogens with two attached hydrogens (primary N) is 1. The summed E-state index contributed by atoms with van der Waals surface area (Å²) < 4.78 is 0. The maximum absolute atomic E-state index is 5.69. The largest absolute Gasteiger partial charge is 0.399 e. The third-order valence-corrected chi connectivity index (χ3v) is 2.35. The predicted molar refractivity (Wildman–Crippen MR) is 67.3 cm³/mol. The van der Waals surface area contributed by atoms with Crippen molar-refractivity contribution in [3.63, 3.8) is 0 Å². The van der Waals surface area contributed by atoms with E-state index in [2.05, 4.69) is 31.2 Å². The topological polar surface area (TPSA) is 41.3 Å². The quantitative estimate of drug-likeness (QED) is 0.572. The van der Waals surface area contributed by atoms with Gasteiger partial charge < -0.3 is 16.0 Å². The molecule has 3 nitrogen and oxygen atoms in total. The zero-order chi connectivity index (χ0) is 11.3. The maximum Gasteiger partial charge on any atom is 0.0371 e. The molecule has 1 rings (SSSR count). The fourth-order valence-corrected chi connectivity index (χ4v) is 1.50. The number of nitrogens with one attached hydrogen (secondary N) is 1. The Balaban J connectivity index is 2.37. The van der Waals surface area contributed by atoms with Crippen LogP contribution in [0.25, 0.3) is 0 Å². The van der Waals surface area contributed by atoms with Crippen LogP contribution in [0.4, 0.5) is 11.4 Å². The highest BCUT2D eigenvalue weighted by Crippen LogP contribution is 2.17. The molecule has 0 atom stereocenters. The summed E-state index contributed by atoms with van der Waals surface area (Å²) in [7, 11) is 4.18. The van der Waals surface area contributed by atoms with Gasteiger partial charge in [-0.25, -0.2) is 0 Å². The van der Waals surface area contributed by atoms with Gasteiger partial charge in [0, 0.05) is 17.9 Å². The van der Waals surface area contributed by atoms with Crippen molar-refractivity contribution in [2.24, 2.45) is 0 Å². The zero-order valence-electron chi connectivity index (χ0n) is 9.88. The van der Waals surface area contributed by atoms with Crippen LogP contribution in [0.1, 0.15) is 12.0 Å². The summed E-state index contributed by atoms with van der Waals surface area (Å²) in [5.74, 6) is 0. The maximum atomic E-state index is 5.69. The van der Waals surface area contributed by atoms with E-state index in [9.17, 15) is 0 Å². The van der Waals surface area contributed by atoms with Gasteiger partial charge in [0.2, 0.25) is 0 Å². The van der Waals surface area contributed by atoms with Gasteiger partial charge in [0.25, 0.3) is 0 Å². The molecule has 0 aliphatic heterocycles. The molecule has 0 fully saturated rings. The van der Waals surface area contributed by atoms with Crippen molar-refractivity contribution in [2.45, 2.75) is 13.3 Å². The van der Waals surface area contributed by atoms with Crippen molar-refractivity contribution in [2.75, 3.05) is 38.2 Å². The van der Waals surface area contributed by atoms with Crippen LogP contribution in [0.5, 0.6) is 0 Å². The van der Waals surface area contributed by atoms with E-state index in [0.29, 0.717) is 0 Å².